The van der Waals surface area contributed by atoms with Gasteiger partial charge in [-0.2, -0.15) is 8.78 Å². The third-order valence-electron chi connectivity index (χ3n) is 6.68. The van der Waals surface area contributed by atoms with Crippen LogP contribution in [0.1, 0.15) is 50.3 Å². The Morgan fingerprint density at radius 1 is 1.11 bits per heavy atom. The Morgan fingerprint density at radius 3 is 2.51 bits per heavy atom. The van der Waals surface area contributed by atoms with Gasteiger partial charge < -0.3 is 20.1 Å². The Morgan fingerprint density at radius 2 is 1.84 bits per heavy atom. The highest BCUT2D eigenvalue weighted by Crippen LogP contribution is 2.26. The van der Waals surface area contributed by atoms with E-state index in [0.29, 0.717) is 11.4 Å². The molecule has 0 radical (unpaired) electrons. The first-order valence-corrected chi connectivity index (χ1v) is 12.9. The molecule has 4 rings (SSSR count). The number of amides is 1. The van der Waals surface area contributed by atoms with E-state index in [0.717, 1.165) is 42.3 Å². The molecule has 2 aromatic carbocycles. The fourth-order valence-electron chi connectivity index (χ4n) is 4.66. The van der Waals surface area contributed by atoms with Crippen molar-refractivity contribution in [1.29, 1.82) is 0 Å². The number of aryl methyl sites for hydroxylation is 1. The molecule has 2 N–H and O–H groups in total. The van der Waals surface area contributed by atoms with E-state index in [4.69, 9.17) is 4.74 Å². The molecule has 198 valence electrons. The third-order valence-corrected chi connectivity index (χ3v) is 6.68. The summed E-state index contributed by atoms with van der Waals surface area (Å²) in [5, 5.41) is 15.5. The van der Waals surface area contributed by atoms with Crippen molar-refractivity contribution in [2.75, 3.05) is 19.6 Å². The standard InChI is InChI=1S/C29H35F2N3O3/c1-20(2)37-26-12-11-24(18-32-26)27(35)25(19-34-15-5-6-16-34)33-28(36)29(30,31)14-13-21-9-10-22-7-3-4-8-23(22)17-21/h3-4,7-12,17-18,20,25,27,35H,5-6,13-16,19H2,1-2H3,(H,33,36)/t25-,27-/m1/s1. The summed E-state index contributed by atoms with van der Waals surface area (Å²) in [7, 11) is 0. The number of rotatable bonds is 11. The molecular weight excluding hydrogens is 476 g/mol. The number of aliphatic hydroxyl groups is 1. The largest absolute Gasteiger partial charge is 0.475 e. The summed E-state index contributed by atoms with van der Waals surface area (Å²) in [6.07, 6.45) is 1.66. The van der Waals surface area contributed by atoms with Crippen molar-refractivity contribution in [3.05, 3.63) is 71.9 Å². The van der Waals surface area contributed by atoms with E-state index in [9.17, 15) is 18.7 Å². The van der Waals surface area contributed by atoms with Crippen LogP contribution >= 0.6 is 0 Å². The quantitative estimate of drug-likeness (QED) is 0.383. The van der Waals surface area contributed by atoms with Gasteiger partial charge in [0.1, 0.15) is 6.10 Å². The zero-order valence-corrected chi connectivity index (χ0v) is 21.4. The van der Waals surface area contributed by atoms with Gasteiger partial charge in [0, 0.05) is 30.8 Å². The van der Waals surface area contributed by atoms with Crippen molar-refractivity contribution in [3.63, 3.8) is 0 Å². The molecule has 1 aliphatic rings. The number of aromatic nitrogens is 1. The molecule has 0 saturated carbocycles. The minimum absolute atomic E-state index is 0.0534. The van der Waals surface area contributed by atoms with E-state index >= 15 is 0 Å². The smallest absolute Gasteiger partial charge is 0.324 e. The maximum atomic E-state index is 15.0. The molecule has 1 fully saturated rings. The number of likely N-dealkylation sites (tertiary alicyclic amines) is 1. The second kappa shape index (κ2) is 12.0. The van der Waals surface area contributed by atoms with E-state index in [2.05, 4.69) is 15.2 Å². The lowest BCUT2D eigenvalue weighted by atomic mass is 10.0. The molecule has 2 atom stereocenters. The number of nitrogens with one attached hydrogen (secondary N) is 1. The van der Waals surface area contributed by atoms with Gasteiger partial charge in [0.25, 0.3) is 5.91 Å². The van der Waals surface area contributed by atoms with Crippen LogP contribution < -0.4 is 10.1 Å². The lowest BCUT2D eigenvalue weighted by Crippen LogP contribution is -2.51. The Labute approximate surface area is 216 Å². The van der Waals surface area contributed by atoms with E-state index < -0.39 is 30.4 Å². The van der Waals surface area contributed by atoms with Gasteiger partial charge in [-0.05, 0) is 68.6 Å². The molecule has 1 amide bonds. The van der Waals surface area contributed by atoms with E-state index in [1.54, 1.807) is 12.1 Å². The number of benzene rings is 2. The Hall–Kier alpha value is -3.10. The number of alkyl halides is 2. The van der Waals surface area contributed by atoms with Crippen molar-refractivity contribution in [1.82, 2.24) is 15.2 Å². The molecule has 0 bridgehead atoms. The van der Waals surface area contributed by atoms with Crippen molar-refractivity contribution < 1.29 is 23.4 Å². The average Bonchev–Trinajstić information content (AvgIpc) is 3.40. The molecule has 0 unspecified atom stereocenters. The molecule has 1 saturated heterocycles. The molecular formula is C29H35F2N3O3. The molecule has 1 aliphatic heterocycles. The van der Waals surface area contributed by atoms with Crippen molar-refractivity contribution in [3.8, 4) is 5.88 Å². The molecule has 6 nitrogen and oxygen atoms in total. The summed E-state index contributed by atoms with van der Waals surface area (Å²) in [6.45, 7) is 5.64. The fraction of sp³-hybridized carbons (Fsp3) is 0.448. The number of carbonyl (C=O) groups is 1. The van der Waals surface area contributed by atoms with Crippen LogP contribution in [0.25, 0.3) is 10.8 Å². The zero-order valence-electron chi connectivity index (χ0n) is 21.4. The number of hydrogen-bond donors (Lipinski definition) is 2. The minimum atomic E-state index is -3.58. The topological polar surface area (TPSA) is 74.7 Å². The van der Waals surface area contributed by atoms with Gasteiger partial charge in [-0.25, -0.2) is 4.98 Å². The molecule has 0 spiro atoms. The maximum absolute atomic E-state index is 15.0. The van der Waals surface area contributed by atoms with Crippen LogP contribution in [0.3, 0.4) is 0 Å². The van der Waals surface area contributed by atoms with Gasteiger partial charge in [0.05, 0.1) is 12.1 Å². The lowest BCUT2D eigenvalue weighted by molar-refractivity contribution is -0.148. The number of fused-ring (bicyclic) bond motifs is 1. The molecule has 3 aromatic rings. The highest BCUT2D eigenvalue weighted by molar-refractivity contribution is 5.84. The molecule has 37 heavy (non-hydrogen) atoms. The van der Waals surface area contributed by atoms with Crippen molar-refractivity contribution in [2.45, 2.75) is 63.7 Å². The first kappa shape index (κ1) is 26.9. The van der Waals surface area contributed by atoms with Crippen LogP contribution in [0.2, 0.25) is 0 Å². The summed E-state index contributed by atoms with van der Waals surface area (Å²) < 4.78 is 35.5. The van der Waals surface area contributed by atoms with E-state index in [1.165, 1.54) is 6.20 Å². The highest BCUT2D eigenvalue weighted by atomic mass is 19.3. The minimum Gasteiger partial charge on any atom is -0.475 e. The Kier molecular flexibility index (Phi) is 8.71. The van der Waals surface area contributed by atoms with Gasteiger partial charge in [-0.1, -0.05) is 42.5 Å². The summed E-state index contributed by atoms with van der Waals surface area (Å²) in [5.41, 5.74) is 1.18. The second-order valence-electron chi connectivity index (χ2n) is 10.0. The second-order valence-corrected chi connectivity index (χ2v) is 10.0. The number of aliphatic hydroxyl groups excluding tert-OH is 1. The van der Waals surface area contributed by atoms with Crippen LogP contribution in [-0.2, 0) is 11.2 Å². The number of halogens is 2. The lowest BCUT2D eigenvalue weighted by Gasteiger charge is -2.30. The van der Waals surface area contributed by atoms with Crippen LogP contribution in [0, 0.1) is 0 Å². The van der Waals surface area contributed by atoms with Gasteiger partial charge in [0.15, 0.2) is 0 Å². The van der Waals surface area contributed by atoms with E-state index in [-0.39, 0.29) is 19.1 Å². The maximum Gasteiger partial charge on any atom is 0.324 e. The normalized spacial score (nSPS) is 16.2. The molecule has 8 heteroatoms. The highest BCUT2D eigenvalue weighted by Gasteiger charge is 2.40. The summed E-state index contributed by atoms with van der Waals surface area (Å²) in [4.78, 5) is 19.1. The number of nitrogens with zero attached hydrogens (tertiary/aromatic N) is 2. The molecule has 2 heterocycles. The predicted molar refractivity (Wildman–Crippen MR) is 140 cm³/mol. The van der Waals surface area contributed by atoms with E-state index in [1.807, 2.05) is 56.3 Å². The zero-order chi connectivity index (χ0) is 26.4. The monoisotopic (exact) mass is 511 g/mol. The fourth-order valence-corrected chi connectivity index (χ4v) is 4.66. The predicted octanol–water partition coefficient (Wildman–Crippen LogP) is 4.90. The van der Waals surface area contributed by atoms with Gasteiger partial charge in [-0.15, -0.1) is 0 Å². The number of pyridine rings is 1. The summed E-state index contributed by atoms with van der Waals surface area (Å²) in [5.74, 6) is -4.54. The van der Waals surface area contributed by atoms with Gasteiger partial charge in [0.2, 0.25) is 5.88 Å². The number of ether oxygens (including phenoxy) is 1. The number of hydrogen-bond acceptors (Lipinski definition) is 5. The van der Waals surface area contributed by atoms with Crippen LogP contribution in [0.4, 0.5) is 8.78 Å². The first-order chi connectivity index (χ1) is 17.7. The third kappa shape index (κ3) is 7.23. The molecule has 0 aliphatic carbocycles. The Balaban J connectivity index is 1.43. The van der Waals surface area contributed by atoms with Crippen molar-refractivity contribution in [2.24, 2.45) is 0 Å². The SMILES string of the molecule is CC(C)Oc1ccc([C@@H](O)[C@@H](CN2CCCC2)NC(=O)C(F)(F)CCc2ccc3ccccc3c2)cn1. The van der Waals surface area contributed by atoms with Crippen LogP contribution in [0.5, 0.6) is 5.88 Å². The average molecular weight is 512 g/mol. The Bertz CT molecular complexity index is 1180. The van der Waals surface area contributed by atoms with Gasteiger partial charge >= 0.3 is 5.92 Å². The number of carbonyl (C=O) groups excluding carboxylic acids is 1. The summed E-state index contributed by atoms with van der Waals surface area (Å²) in [6, 6.07) is 15.7. The van der Waals surface area contributed by atoms with Gasteiger partial charge in [-0.3, -0.25) is 4.79 Å². The van der Waals surface area contributed by atoms with Crippen LogP contribution in [0.15, 0.2) is 60.8 Å². The first-order valence-electron chi connectivity index (χ1n) is 12.9. The molecule has 1 aromatic heterocycles. The summed E-state index contributed by atoms with van der Waals surface area (Å²) >= 11 is 0. The van der Waals surface area contributed by atoms with Crippen LogP contribution in [-0.4, -0.2) is 58.6 Å². The van der Waals surface area contributed by atoms with Crippen molar-refractivity contribution >= 4 is 16.7 Å².